The first-order valence-corrected chi connectivity index (χ1v) is 18.6. The Morgan fingerprint density at radius 1 is 0.766 bits per heavy atom. The number of unbranched alkanes of at least 4 members (excludes halogenated alkanes) is 8. The summed E-state index contributed by atoms with van der Waals surface area (Å²) in [7, 11) is 0. The molecule has 2 aromatic carbocycles. The van der Waals surface area contributed by atoms with Gasteiger partial charge in [-0.25, -0.2) is 4.79 Å². The lowest BCUT2D eigenvalue weighted by atomic mass is 9.48. The molecule has 4 aliphatic rings. The largest absolute Gasteiger partial charge is 0.478 e. The van der Waals surface area contributed by atoms with Crippen molar-refractivity contribution in [3.63, 3.8) is 0 Å². The smallest absolute Gasteiger partial charge is 0.328 e. The molecular weight excluding hydrogens is 580 g/mol. The molecule has 252 valence electrons. The normalized spacial score (nSPS) is 23.4. The Morgan fingerprint density at radius 3 is 2.00 bits per heavy atom. The van der Waals surface area contributed by atoms with Gasteiger partial charge in [-0.05, 0) is 135 Å². The third-order valence-electron chi connectivity index (χ3n) is 10.8. The molecule has 0 aliphatic heterocycles. The molecule has 0 heterocycles. The number of carboxylic acids is 1. The minimum Gasteiger partial charge on any atom is -0.478 e. The first-order chi connectivity index (χ1) is 22.9. The maximum atomic E-state index is 13.1. The molecule has 4 saturated carbocycles. The molecule has 0 amide bonds. The lowest BCUT2D eigenvalue weighted by molar-refractivity contribution is -0.134. The van der Waals surface area contributed by atoms with E-state index in [1.807, 2.05) is 18.2 Å². The van der Waals surface area contributed by atoms with Crippen molar-refractivity contribution in [2.45, 2.75) is 128 Å². The van der Waals surface area contributed by atoms with Crippen molar-refractivity contribution in [3.8, 4) is 16.9 Å². The summed E-state index contributed by atoms with van der Waals surface area (Å²) in [4.78, 5) is 24.1. The van der Waals surface area contributed by atoms with Gasteiger partial charge in [-0.3, -0.25) is 4.79 Å². The van der Waals surface area contributed by atoms with Crippen molar-refractivity contribution in [2.24, 2.45) is 17.8 Å². The summed E-state index contributed by atoms with van der Waals surface area (Å²) in [5.74, 6) is 2.09. The van der Waals surface area contributed by atoms with E-state index in [0.29, 0.717) is 6.42 Å². The van der Waals surface area contributed by atoms with E-state index in [0.717, 1.165) is 72.3 Å². The van der Waals surface area contributed by atoms with Crippen LogP contribution in [0.2, 0.25) is 0 Å². The van der Waals surface area contributed by atoms with Gasteiger partial charge in [0.2, 0.25) is 0 Å². The molecule has 0 saturated heterocycles. The zero-order valence-electron chi connectivity index (χ0n) is 28.6. The summed E-state index contributed by atoms with van der Waals surface area (Å²) >= 11 is 0. The highest BCUT2D eigenvalue weighted by atomic mass is 16.5. The van der Waals surface area contributed by atoms with Crippen LogP contribution in [0.1, 0.15) is 134 Å². The summed E-state index contributed by atoms with van der Waals surface area (Å²) in [5.41, 5.74) is 4.40. The van der Waals surface area contributed by atoms with Gasteiger partial charge < -0.3 is 9.84 Å². The van der Waals surface area contributed by atoms with Crippen molar-refractivity contribution in [3.05, 3.63) is 84.0 Å². The zero-order chi connectivity index (χ0) is 32.9. The SMILES string of the molecule is CCCCC/C=C/C/C=C\CCCCCCCC(=O)Oc1ccc(-c2ccc(C=CC(=O)O)cc2)cc1C12CC3CC(CC(C3)C1)C2. The highest BCUT2D eigenvalue weighted by Crippen LogP contribution is 2.62. The zero-order valence-corrected chi connectivity index (χ0v) is 28.6. The fraction of sp³-hybridized carbons (Fsp3) is 0.535. The number of carbonyl (C=O) groups is 2. The first-order valence-electron chi connectivity index (χ1n) is 18.6. The minimum atomic E-state index is -0.949. The van der Waals surface area contributed by atoms with Crippen LogP contribution in [0.5, 0.6) is 5.75 Å². The highest BCUT2D eigenvalue weighted by molar-refractivity contribution is 5.85. The van der Waals surface area contributed by atoms with E-state index in [1.165, 1.54) is 88.7 Å². The van der Waals surface area contributed by atoms with Crippen LogP contribution in [-0.2, 0) is 15.0 Å². The molecule has 4 bridgehead atoms. The van der Waals surface area contributed by atoms with Crippen LogP contribution in [0, 0.1) is 17.8 Å². The van der Waals surface area contributed by atoms with Crippen molar-refractivity contribution >= 4 is 18.0 Å². The number of hydrogen-bond acceptors (Lipinski definition) is 3. The number of carboxylic acid groups (broad SMARTS) is 1. The predicted molar refractivity (Wildman–Crippen MR) is 193 cm³/mol. The van der Waals surface area contributed by atoms with E-state index in [9.17, 15) is 9.59 Å². The van der Waals surface area contributed by atoms with E-state index in [-0.39, 0.29) is 11.4 Å². The van der Waals surface area contributed by atoms with Crippen LogP contribution in [0.15, 0.2) is 72.8 Å². The molecule has 4 nitrogen and oxygen atoms in total. The number of esters is 1. The molecule has 0 spiro atoms. The molecule has 0 radical (unpaired) electrons. The van der Waals surface area contributed by atoms with Gasteiger partial charge in [-0.2, -0.15) is 0 Å². The number of ether oxygens (including phenoxy) is 1. The first kappa shape index (κ1) is 34.9. The van der Waals surface area contributed by atoms with Crippen molar-refractivity contribution in [1.82, 2.24) is 0 Å². The van der Waals surface area contributed by atoms with Crippen LogP contribution in [0.4, 0.5) is 0 Å². The Balaban J connectivity index is 1.13. The van der Waals surface area contributed by atoms with Gasteiger partial charge in [0.15, 0.2) is 0 Å². The van der Waals surface area contributed by atoms with E-state index < -0.39 is 5.97 Å². The molecule has 4 aliphatic carbocycles. The minimum absolute atomic E-state index is 0.101. The van der Waals surface area contributed by atoms with Crippen molar-refractivity contribution in [2.75, 3.05) is 0 Å². The summed E-state index contributed by atoms with van der Waals surface area (Å²) < 4.78 is 6.20. The summed E-state index contributed by atoms with van der Waals surface area (Å²) in [6.45, 7) is 2.25. The third-order valence-corrected chi connectivity index (χ3v) is 10.8. The molecule has 1 N–H and O–H groups in total. The topological polar surface area (TPSA) is 63.6 Å². The molecule has 6 rings (SSSR count). The second kappa shape index (κ2) is 17.7. The predicted octanol–water partition coefficient (Wildman–Crippen LogP) is 11.6. The number of hydrogen-bond donors (Lipinski definition) is 1. The van der Waals surface area contributed by atoms with Gasteiger partial charge in [0, 0.05) is 18.1 Å². The molecular formula is C43H56O4. The Bertz CT molecular complexity index is 1360. The Morgan fingerprint density at radius 2 is 1.36 bits per heavy atom. The van der Waals surface area contributed by atoms with Gasteiger partial charge in [0.05, 0.1) is 0 Å². The number of allylic oxidation sites excluding steroid dienone is 4. The van der Waals surface area contributed by atoms with Gasteiger partial charge in [0.25, 0.3) is 0 Å². The molecule has 0 aromatic heterocycles. The van der Waals surface area contributed by atoms with Crippen molar-refractivity contribution < 1.29 is 19.4 Å². The van der Waals surface area contributed by atoms with Crippen LogP contribution in [0.25, 0.3) is 17.2 Å². The molecule has 0 atom stereocenters. The van der Waals surface area contributed by atoms with E-state index in [2.05, 4.69) is 55.5 Å². The molecule has 4 fully saturated rings. The van der Waals surface area contributed by atoms with E-state index >= 15 is 0 Å². The van der Waals surface area contributed by atoms with Gasteiger partial charge in [-0.15, -0.1) is 0 Å². The summed E-state index contributed by atoms with van der Waals surface area (Å²) in [6, 6.07) is 14.4. The average molecular weight is 637 g/mol. The fourth-order valence-electron chi connectivity index (χ4n) is 8.86. The molecule has 4 heteroatoms. The number of rotatable bonds is 19. The summed E-state index contributed by atoms with van der Waals surface area (Å²) in [5, 5.41) is 8.97. The molecule has 47 heavy (non-hydrogen) atoms. The third kappa shape index (κ3) is 10.3. The monoisotopic (exact) mass is 636 g/mol. The fourth-order valence-corrected chi connectivity index (χ4v) is 8.86. The van der Waals surface area contributed by atoms with Crippen molar-refractivity contribution in [1.29, 1.82) is 0 Å². The van der Waals surface area contributed by atoms with Gasteiger partial charge in [0.1, 0.15) is 5.75 Å². The van der Waals surface area contributed by atoms with E-state index in [1.54, 1.807) is 6.08 Å². The summed E-state index contributed by atoms with van der Waals surface area (Å²) in [6.07, 6.45) is 33.0. The maximum absolute atomic E-state index is 13.1. The highest BCUT2D eigenvalue weighted by Gasteiger charge is 2.52. The Kier molecular flexibility index (Phi) is 13.1. The lowest BCUT2D eigenvalue weighted by Crippen LogP contribution is -2.48. The number of aliphatic carboxylic acids is 1. The Hall–Kier alpha value is -3.40. The van der Waals surface area contributed by atoms with Crippen LogP contribution in [-0.4, -0.2) is 17.0 Å². The number of carbonyl (C=O) groups excluding carboxylic acids is 1. The Labute approximate surface area is 283 Å². The quantitative estimate of drug-likeness (QED) is 0.0548. The molecule has 0 unspecified atom stereocenters. The standard InChI is InChI=1S/C43H56O4/c1-2-3-4-5-6-7-8-9-10-11-12-13-14-15-16-17-42(46)47-40-24-23-38(37-21-18-33(19-22-37)20-25-41(44)45)29-39(40)43-30-34-26-35(31-43)28-36(27-34)32-43/h6-7,9-10,18-25,29,34-36H,2-5,8,11-17,26-28,30-32H2,1H3,(H,44,45)/b7-6+,10-9-,25-20?. The van der Waals surface area contributed by atoms with Gasteiger partial charge >= 0.3 is 11.9 Å². The van der Waals surface area contributed by atoms with Crippen LogP contribution < -0.4 is 4.74 Å². The maximum Gasteiger partial charge on any atom is 0.328 e. The lowest BCUT2D eigenvalue weighted by Gasteiger charge is -2.57. The van der Waals surface area contributed by atoms with Gasteiger partial charge in [-0.1, -0.05) is 93.7 Å². The van der Waals surface area contributed by atoms with Crippen LogP contribution >= 0.6 is 0 Å². The van der Waals surface area contributed by atoms with Crippen LogP contribution in [0.3, 0.4) is 0 Å². The van der Waals surface area contributed by atoms with E-state index in [4.69, 9.17) is 9.84 Å². The second-order valence-corrected chi connectivity index (χ2v) is 14.7. The average Bonchev–Trinajstić information content (AvgIpc) is 3.05. The number of benzene rings is 2. The molecule has 2 aromatic rings. The second-order valence-electron chi connectivity index (χ2n) is 14.7.